The lowest BCUT2D eigenvalue weighted by Crippen LogP contribution is -2.49. The quantitative estimate of drug-likeness (QED) is 0.582. The summed E-state index contributed by atoms with van der Waals surface area (Å²) in [6, 6.07) is 15.1. The number of hydrogen-bond donors (Lipinski definition) is 1. The van der Waals surface area contributed by atoms with E-state index in [4.69, 9.17) is 27.9 Å². The monoisotopic (exact) mass is 524 g/mol. The van der Waals surface area contributed by atoms with E-state index in [0.717, 1.165) is 12.8 Å². The number of carbonyl (C=O) groups excluding carboxylic acids is 1. The van der Waals surface area contributed by atoms with Crippen LogP contribution in [0.1, 0.15) is 36.8 Å². The van der Waals surface area contributed by atoms with Crippen molar-refractivity contribution in [1.82, 2.24) is 9.62 Å². The summed E-state index contributed by atoms with van der Waals surface area (Å²) < 4.78 is 33.1. The summed E-state index contributed by atoms with van der Waals surface area (Å²) >= 11 is 12.0. The third-order valence-corrected chi connectivity index (χ3v) is 9.47. The molecule has 0 aromatic heterocycles. The molecule has 0 aliphatic carbocycles. The molecule has 0 saturated carbocycles. The molecule has 2 aromatic rings. The van der Waals surface area contributed by atoms with Crippen molar-refractivity contribution in [2.75, 3.05) is 32.8 Å². The van der Waals surface area contributed by atoms with Crippen molar-refractivity contribution in [2.24, 2.45) is 5.92 Å². The molecule has 184 valence electrons. The van der Waals surface area contributed by atoms with Gasteiger partial charge in [0.1, 0.15) is 0 Å². The normalized spacial score (nSPS) is 21.2. The maximum atomic E-state index is 13.1. The number of nitrogens with one attached hydrogen (secondary N) is 1. The van der Waals surface area contributed by atoms with E-state index >= 15 is 0 Å². The highest BCUT2D eigenvalue weighted by molar-refractivity contribution is 7.88. The Morgan fingerprint density at radius 2 is 1.82 bits per heavy atom. The summed E-state index contributed by atoms with van der Waals surface area (Å²) in [7, 11) is -3.59. The maximum absolute atomic E-state index is 13.1. The van der Waals surface area contributed by atoms with E-state index in [0.29, 0.717) is 54.8 Å². The van der Waals surface area contributed by atoms with Gasteiger partial charge >= 0.3 is 0 Å². The number of piperidine rings is 1. The van der Waals surface area contributed by atoms with Gasteiger partial charge in [-0.25, -0.2) is 12.7 Å². The van der Waals surface area contributed by atoms with Gasteiger partial charge in [-0.15, -0.1) is 0 Å². The number of nitrogens with zero attached hydrogens (tertiary/aromatic N) is 1. The lowest BCUT2D eigenvalue weighted by atomic mass is 9.74. The summed E-state index contributed by atoms with van der Waals surface area (Å²) in [5.74, 6) is -0.628. The minimum Gasteiger partial charge on any atom is -0.381 e. The van der Waals surface area contributed by atoms with Crippen molar-refractivity contribution in [3.8, 4) is 0 Å². The van der Waals surface area contributed by atoms with Crippen LogP contribution in [0.2, 0.25) is 10.0 Å². The molecule has 1 atom stereocenters. The standard InChI is InChI=1S/C25H30Cl2N2O4S/c26-22-9-8-19(15-23(22)27)17-34(31,32)29-12-4-5-20(16-29)24(30)28-18-25(10-13-33-14-11-25)21-6-2-1-3-7-21/h1-3,6-9,15,20H,4-5,10-14,16-18H2,(H,28,30)/t20-/m0/s1. The summed E-state index contributed by atoms with van der Waals surface area (Å²) in [6.45, 7) is 2.45. The molecule has 34 heavy (non-hydrogen) atoms. The SMILES string of the molecule is O=C(NCC1(c2ccccc2)CCOCC1)[C@H]1CCCN(S(=O)(=O)Cc2ccc(Cl)c(Cl)c2)C1. The number of sulfonamides is 1. The minimum atomic E-state index is -3.59. The van der Waals surface area contributed by atoms with Crippen LogP contribution >= 0.6 is 23.2 Å². The first-order valence-electron chi connectivity index (χ1n) is 11.6. The molecule has 0 spiro atoms. The predicted molar refractivity (Wildman–Crippen MR) is 135 cm³/mol. The molecule has 9 heteroatoms. The Kier molecular flexibility index (Phi) is 8.20. The van der Waals surface area contributed by atoms with Crippen molar-refractivity contribution in [3.63, 3.8) is 0 Å². The average molecular weight is 525 g/mol. The average Bonchev–Trinajstić information content (AvgIpc) is 2.86. The molecule has 0 bridgehead atoms. The summed E-state index contributed by atoms with van der Waals surface area (Å²) in [6.07, 6.45) is 3.00. The highest BCUT2D eigenvalue weighted by Gasteiger charge is 2.37. The molecular formula is C25H30Cl2N2O4S. The molecular weight excluding hydrogens is 495 g/mol. The van der Waals surface area contributed by atoms with Crippen LogP contribution < -0.4 is 5.32 Å². The molecule has 6 nitrogen and oxygen atoms in total. The molecule has 1 amide bonds. The van der Waals surface area contributed by atoms with Gasteiger partial charge in [0.05, 0.1) is 21.7 Å². The fraction of sp³-hybridized carbons (Fsp3) is 0.480. The Bertz CT molecular complexity index is 1110. The maximum Gasteiger partial charge on any atom is 0.224 e. The minimum absolute atomic E-state index is 0.0868. The molecule has 2 saturated heterocycles. The smallest absolute Gasteiger partial charge is 0.224 e. The van der Waals surface area contributed by atoms with Crippen LogP contribution in [-0.4, -0.2) is 51.5 Å². The number of ether oxygens (including phenoxy) is 1. The number of amides is 1. The van der Waals surface area contributed by atoms with Crippen molar-refractivity contribution < 1.29 is 17.9 Å². The van der Waals surface area contributed by atoms with Gasteiger partial charge in [0.2, 0.25) is 15.9 Å². The lowest BCUT2D eigenvalue weighted by molar-refractivity contribution is -0.126. The zero-order valence-corrected chi connectivity index (χ0v) is 21.3. The van der Waals surface area contributed by atoms with Gasteiger partial charge in [0, 0.05) is 38.3 Å². The number of halogens is 2. The molecule has 2 aromatic carbocycles. The number of benzene rings is 2. The van der Waals surface area contributed by atoms with Crippen LogP contribution in [0.4, 0.5) is 0 Å². The zero-order chi connectivity index (χ0) is 24.2. The first kappa shape index (κ1) is 25.5. The second-order valence-corrected chi connectivity index (χ2v) is 12.0. The van der Waals surface area contributed by atoms with Crippen LogP contribution in [0.3, 0.4) is 0 Å². The Morgan fingerprint density at radius 3 is 2.53 bits per heavy atom. The van der Waals surface area contributed by atoms with E-state index in [1.807, 2.05) is 18.2 Å². The lowest BCUT2D eigenvalue weighted by Gasteiger charge is -2.38. The Hall–Kier alpha value is -1.64. The van der Waals surface area contributed by atoms with Crippen LogP contribution in [0.5, 0.6) is 0 Å². The van der Waals surface area contributed by atoms with E-state index in [1.54, 1.807) is 18.2 Å². The van der Waals surface area contributed by atoms with E-state index < -0.39 is 10.0 Å². The molecule has 2 aliphatic rings. The van der Waals surface area contributed by atoms with Crippen LogP contribution in [0.25, 0.3) is 0 Å². The summed E-state index contributed by atoms with van der Waals surface area (Å²) in [5.41, 5.74) is 1.61. The van der Waals surface area contributed by atoms with Gasteiger partial charge < -0.3 is 10.1 Å². The van der Waals surface area contributed by atoms with E-state index in [1.165, 1.54) is 9.87 Å². The highest BCUT2D eigenvalue weighted by atomic mass is 35.5. The van der Waals surface area contributed by atoms with Crippen molar-refractivity contribution in [2.45, 2.75) is 36.9 Å². The van der Waals surface area contributed by atoms with E-state index in [9.17, 15) is 13.2 Å². The molecule has 0 radical (unpaired) electrons. The molecule has 4 rings (SSSR count). The zero-order valence-electron chi connectivity index (χ0n) is 19.0. The Labute approximate surface area is 211 Å². The second-order valence-electron chi connectivity index (χ2n) is 9.18. The van der Waals surface area contributed by atoms with Crippen molar-refractivity contribution in [1.29, 1.82) is 0 Å². The third kappa shape index (κ3) is 5.94. The number of hydrogen-bond acceptors (Lipinski definition) is 4. The summed E-state index contributed by atoms with van der Waals surface area (Å²) in [4.78, 5) is 13.1. The van der Waals surface area contributed by atoms with Gasteiger partial charge in [-0.2, -0.15) is 0 Å². The van der Waals surface area contributed by atoms with Crippen LogP contribution in [0, 0.1) is 5.92 Å². The van der Waals surface area contributed by atoms with Gasteiger partial charge in [-0.3, -0.25) is 4.79 Å². The number of carbonyl (C=O) groups is 1. The van der Waals surface area contributed by atoms with Gasteiger partial charge in [0.15, 0.2) is 0 Å². The van der Waals surface area contributed by atoms with Gasteiger partial charge in [-0.1, -0.05) is 59.6 Å². The molecule has 2 heterocycles. The molecule has 2 aliphatic heterocycles. The predicted octanol–water partition coefficient (Wildman–Crippen LogP) is 4.40. The van der Waals surface area contributed by atoms with Crippen LogP contribution in [-0.2, 0) is 30.7 Å². The van der Waals surface area contributed by atoms with E-state index in [2.05, 4.69) is 17.4 Å². The first-order valence-corrected chi connectivity index (χ1v) is 14.0. The third-order valence-electron chi connectivity index (χ3n) is 6.92. The molecule has 0 unspecified atom stereocenters. The topological polar surface area (TPSA) is 75.7 Å². The fourth-order valence-corrected chi connectivity index (χ4v) is 6.78. The Morgan fingerprint density at radius 1 is 1.09 bits per heavy atom. The fourth-order valence-electron chi connectivity index (χ4n) is 4.86. The molecule has 2 fully saturated rings. The highest BCUT2D eigenvalue weighted by Crippen LogP contribution is 2.34. The summed E-state index contributed by atoms with van der Waals surface area (Å²) in [5, 5.41) is 3.86. The van der Waals surface area contributed by atoms with Crippen molar-refractivity contribution in [3.05, 3.63) is 69.7 Å². The number of rotatable bonds is 7. The van der Waals surface area contributed by atoms with Crippen LogP contribution in [0.15, 0.2) is 48.5 Å². The molecule has 1 N–H and O–H groups in total. The van der Waals surface area contributed by atoms with E-state index in [-0.39, 0.29) is 29.5 Å². The first-order chi connectivity index (χ1) is 16.3. The van der Waals surface area contributed by atoms with Gasteiger partial charge in [0.25, 0.3) is 0 Å². The van der Waals surface area contributed by atoms with Gasteiger partial charge in [-0.05, 0) is 48.9 Å². The largest absolute Gasteiger partial charge is 0.381 e. The second kappa shape index (κ2) is 11.0. The Balaban J connectivity index is 1.40. The van der Waals surface area contributed by atoms with Crippen molar-refractivity contribution >= 4 is 39.1 Å².